The Bertz CT molecular complexity index is 1420. The molecule has 1 saturated heterocycles. The van der Waals surface area contributed by atoms with Crippen LogP contribution in [0.3, 0.4) is 0 Å². The standard InChI is InChI=1S/C26H28FN5O4S/c1-37(35,36)24-15-18(27)7-10-23(24)30-11-13-31(14-12-30)25(33)17-32(20-5-3-2-4-6-20)26(34)21-16-19(28)8-9-22(21)29/h2-10,15-16H,11-14,17,28-29H2,1H3. The number of benzene rings is 3. The van der Waals surface area contributed by atoms with Crippen LogP contribution in [-0.4, -0.2) is 64.1 Å². The fraction of sp³-hybridized carbons (Fsp3) is 0.231. The highest BCUT2D eigenvalue weighted by Gasteiger charge is 2.29. The molecule has 0 aliphatic carbocycles. The summed E-state index contributed by atoms with van der Waals surface area (Å²) < 4.78 is 38.1. The van der Waals surface area contributed by atoms with Crippen molar-refractivity contribution in [1.82, 2.24) is 4.90 Å². The number of piperazine rings is 1. The summed E-state index contributed by atoms with van der Waals surface area (Å²) in [5.41, 5.74) is 13.7. The van der Waals surface area contributed by atoms with Crippen LogP contribution in [0.1, 0.15) is 10.4 Å². The normalized spacial score (nSPS) is 13.9. The third-order valence-corrected chi connectivity index (χ3v) is 7.33. The first kappa shape index (κ1) is 26.0. The van der Waals surface area contributed by atoms with Gasteiger partial charge < -0.3 is 21.3 Å². The van der Waals surface area contributed by atoms with E-state index in [1.807, 2.05) is 11.0 Å². The Morgan fingerprint density at radius 2 is 1.62 bits per heavy atom. The number of carbonyl (C=O) groups is 2. The Morgan fingerprint density at radius 3 is 2.27 bits per heavy atom. The molecule has 3 aromatic rings. The van der Waals surface area contributed by atoms with E-state index in [2.05, 4.69) is 0 Å². The van der Waals surface area contributed by atoms with E-state index in [4.69, 9.17) is 11.5 Å². The van der Waals surface area contributed by atoms with Crippen molar-refractivity contribution in [2.24, 2.45) is 0 Å². The fourth-order valence-corrected chi connectivity index (χ4v) is 5.17. The number of halogens is 1. The number of amides is 2. The van der Waals surface area contributed by atoms with E-state index in [1.54, 1.807) is 41.3 Å². The lowest BCUT2D eigenvalue weighted by molar-refractivity contribution is -0.129. The molecule has 0 atom stereocenters. The molecule has 4 N–H and O–H groups in total. The summed E-state index contributed by atoms with van der Waals surface area (Å²) in [6.45, 7) is 1.08. The van der Waals surface area contributed by atoms with E-state index >= 15 is 0 Å². The number of nitrogens with two attached hydrogens (primary N) is 2. The van der Waals surface area contributed by atoms with Gasteiger partial charge in [0.15, 0.2) is 9.84 Å². The van der Waals surface area contributed by atoms with Crippen LogP contribution in [0.25, 0.3) is 0 Å². The van der Waals surface area contributed by atoms with Gasteiger partial charge >= 0.3 is 0 Å². The van der Waals surface area contributed by atoms with Gasteiger partial charge in [-0.3, -0.25) is 14.5 Å². The first-order valence-corrected chi connectivity index (χ1v) is 13.5. The summed E-state index contributed by atoms with van der Waals surface area (Å²) in [6.07, 6.45) is 1.04. The molecule has 3 aromatic carbocycles. The van der Waals surface area contributed by atoms with Gasteiger partial charge in [-0.15, -0.1) is 0 Å². The topological polar surface area (TPSA) is 130 Å². The molecule has 1 heterocycles. The molecule has 0 radical (unpaired) electrons. The number of carbonyl (C=O) groups excluding carboxylic acids is 2. The molecule has 0 unspecified atom stereocenters. The minimum absolute atomic E-state index is 0.0900. The number of hydrogen-bond donors (Lipinski definition) is 2. The van der Waals surface area contributed by atoms with Crippen LogP contribution in [-0.2, 0) is 14.6 Å². The number of anilines is 4. The largest absolute Gasteiger partial charge is 0.399 e. The minimum Gasteiger partial charge on any atom is -0.399 e. The summed E-state index contributed by atoms with van der Waals surface area (Å²) >= 11 is 0. The van der Waals surface area contributed by atoms with Crippen molar-refractivity contribution in [3.8, 4) is 0 Å². The minimum atomic E-state index is -3.65. The number of nitrogens with zero attached hydrogens (tertiary/aromatic N) is 3. The molecule has 4 rings (SSSR count). The van der Waals surface area contributed by atoms with Crippen molar-refractivity contribution in [3.05, 3.63) is 78.1 Å². The van der Waals surface area contributed by atoms with Crippen LogP contribution in [0.2, 0.25) is 0 Å². The van der Waals surface area contributed by atoms with Crippen molar-refractivity contribution in [3.63, 3.8) is 0 Å². The summed E-state index contributed by atoms with van der Waals surface area (Å²) in [5, 5.41) is 0. The Balaban J connectivity index is 1.52. The van der Waals surface area contributed by atoms with Crippen LogP contribution >= 0.6 is 0 Å². The van der Waals surface area contributed by atoms with Crippen LogP contribution in [0.4, 0.5) is 27.1 Å². The zero-order valence-corrected chi connectivity index (χ0v) is 21.1. The van der Waals surface area contributed by atoms with Gasteiger partial charge in [0.2, 0.25) is 5.91 Å². The van der Waals surface area contributed by atoms with Gasteiger partial charge in [-0.2, -0.15) is 0 Å². The molecule has 9 nitrogen and oxygen atoms in total. The highest BCUT2D eigenvalue weighted by molar-refractivity contribution is 7.90. The van der Waals surface area contributed by atoms with Crippen molar-refractivity contribution in [2.75, 3.05) is 60.2 Å². The summed E-state index contributed by atoms with van der Waals surface area (Å²) in [4.78, 5) is 31.5. The molecular weight excluding hydrogens is 497 g/mol. The molecule has 2 amide bonds. The number of nitrogen functional groups attached to an aromatic ring is 2. The summed E-state index contributed by atoms with van der Waals surface area (Å²) in [5.74, 6) is -1.36. The number of para-hydroxylation sites is 1. The summed E-state index contributed by atoms with van der Waals surface area (Å²) in [7, 11) is -3.65. The maximum Gasteiger partial charge on any atom is 0.260 e. The smallest absolute Gasteiger partial charge is 0.260 e. The predicted molar refractivity (Wildman–Crippen MR) is 142 cm³/mol. The number of rotatable bonds is 6. The Morgan fingerprint density at radius 1 is 0.946 bits per heavy atom. The van der Waals surface area contributed by atoms with Crippen LogP contribution in [0.5, 0.6) is 0 Å². The quantitative estimate of drug-likeness (QED) is 0.473. The van der Waals surface area contributed by atoms with Gasteiger partial charge in [0.1, 0.15) is 12.4 Å². The lowest BCUT2D eigenvalue weighted by Crippen LogP contribution is -2.52. The van der Waals surface area contributed by atoms with E-state index in [9.17, 15) is 22.4 Å². The third kappa shape index (κ3) is 5.83. The average Bonchev–Trinajstić information content (AvgIpc) is 2.88. The lowest BCUT2D eigenvalue weighted by atomic mass is 10.1. The average molecular weight is 526 g/mol. The first-order valence-electron chi connectivity index (χ1n) is 11.6. The molecule has 194 valence electrons. The molecule has 0 bridgehead atoms. The SMILES string of the molecule is CS(=O)(=O)c1cc(F)ccc1N1CCN(C(=O)CN(C(=O)c2cc(N)ccc2N)c2ccccc2)CC1. The van der Waals surface area contributed by atoms with Crippen molar-refractivity contribution in [1.29, 1.82) is 0 Å². The first-order chi connectivity index (χ1) is 17.5. The number of sulfone groups is 1. The van der Waals surface area contributed by atoms with Gasteiger partial charge in [0, 0.05) is 49.5 Å². The molecule has 0 spiro atoms. The Labute approximate surface area is 215 Å². The van der Waals surface area contributed by atoms with E-state index in [0.717, 1.165) is 12.3 Å². The number of hydrogen-bond acceptors (Lipinski definition) is 7. The van der Waals surface area contributed by atoms with Crippen LogP contribution in [0, 0.1) is 5.82 Å². The second-order valence-corrected chi connectivity index (χ2v) is 10.8. The van der Waals surface area contributed by atoms with Crippen molar-refractivity contribution in [2.45, 2.75) is 4.90 Å². The van der Waals surface area contributed by atoms with Gasteiger partial charge in [-0.25, -0.2) is 12.8 Å². The van der Waals surface area contributed by atoms with E-state index in [1.165, 1.54) is 23.1 Å². The molecule has 11 heteroatoms. The van der Waals surface area contributed by atoms with Crippen molar-refractivity contribution < 1.29 is 22.4 Å². The highest BCUT2D eigenvalue weighted by Crippen LogP contribution is 2.28. The Kier molecular flexibility index (Phi) is 7.35. The maximum atomic E-state index is 13.7. The molecule has 1 fully saturated rings. The van der Waals surface area contributed by atoms with Gasteiger partial charge in [-0.1, -0.05) is 18.2 Å². The van der Waals surface area contributed by atoms with Crippen LogP contribution in [0.15, 0.2) is 71.6 Å². The maximum absolute atomic E-state index is 13.7. The highest BCUT2D eigenvalue weighted by atomic mass is 32.2. The lowest BCUT2D eigenvalue weighted by Gasteiger charge is -2.37. The molecule has 1 aliphatic rings. The zero-order valence-electron chi connectivity index (χ0n) is 20.3. The van der Waals surface area contributed by atoms with Crippen LogP contribution < -0.4 is 21.3 Å². The Hall–Kier alpha value is -4.12. The van der Waals surface area contributed by atoms with Gasteiger partial charge in [0.25, 0.3) is 5.91 Å². The molecule has 0 aromatic heterocycles. The molecule has 1 aliphatic heterocycles. The summed E-state index contributed by atoms with van der Waals surface area (Å²) in [6, 6.07) is 17.1. The van der Waals surface area contributed by atoms with E-state index in [0.29, 0.717) is 43.2 Å². The van der Waals surface area contributed by atoms with E-state index < -0.39 is 21.6 Å². The molecular formula is C26H28FN5O4S. The third-order valence-electron chi connectivity index (χ3n) is 6.21. The monoisotopic (exact) mass is 525 g/mol. The predicted octanol–water partition coefficient (Wildman–Crippen LogP) is 2.39. The van der Waals surface area contributed by atoms with Gasteiger partial charge in [0.05, 0.1) is 16.1 Å². The van der Waals surface area contributed by atoms with Crippen molar-refractivity contribution >= 4 is 44.4 Å². The second kappa shape index (κ2) is 10.5. The second-order valence-electron chi connectivity index (χ2n) is 8.83. The molecule has 0 saturated carbocycles. The fourth-order valence-electron chi connectivity index (χ4n) is 4.27. The molecule has 37 heavy (non-hydrogen) atoms. The van der Waals surface area contributed by atoms with E-state index in [-0.39, 0.29) is 28.6 Å². The zero-order chi connectivity index (χ0) is 26.7. The van der Waals surface area contributed by atoms with Gasteiger partial charge in [-0.05, 0) is 48.5 Å².